The van der Waals surface area contributed by atoms with Crippen LogP contribution >= 0.6 is 0 Å². The van der Waals surface area contributed by atoms with E-state index in [1.165, 1.54) is 0 Å². The first-order valence-electron chi connectivity index (χ1n) is 3.75. The highest BCUT2D eigenvalue weighted by Gasteiger charge is 2.22. The molecule has 1 aromatic rings. The minimum absolute atomic E-state index is 0.0391. The zero-order chi connectivity index (χ0) is 8.55. The van der Waals surface area contributed by atoms with Crippen LogP contribution in [0.1, 0.15) is 22.5 Å². The molecule has 0 bridgehead atoms. The van der Waals surface area contributed by atoms with Crippen LogP contribution in [0.25, 0.3) is 0 Å². The van der Waals surface area contributed by atoms with Crippen LogP contribution in [0.15, 0.2) is 4.52 Å². The summed E-state index contributed by atoms with van der Waals surface area (Å²) in [5.74, 6) is -0.512. The molecular formula is C7H8N2O3. The van der Waals surface area contributed by atoms with Crippen LogP contribution < -0.4 is 5.32 Å². The standard InChI is InChI=1S/C7H8N2O3/c10-7(11)5-4-2-1-3-8-6(4)12-9-5/h8H,1-3H2,(H,10,11). The smallest absolute Gasteiger partial charge is 0.358 e. The SMILES string of the molecule is O=C(O)c1noc2c1CCCN2. The highest BCUT2D eigenvalue weighted by molar-refractivity contribution is 5.88. The van der Waals surface area contributed by atoms with Gasteiger partial charge in [-0.3, -0.25) is 0 Å². The van der Waals surface area contributed by atoms with E-state index in [1.807, 2.05) is 0 Å². The summed E-state index contributed by atoms with van der Waals surface area (Å²) in [6, 6.07) is 0. The number of carboxylic acid groups (broad SMARTS) is 1. The van der Waals surface area contributed by atoms with Crippen molar-refractivity contribution in [1.29, 1.82) is 0 Å². The summed E-state index contributed by atoms with van der Waals surface area (Å²) in [6.45, 7) is 0.821. The molecule has 0 unspecified atom stereocenters. The maximum absolute atomic E-state index is 10.6. The second kappa shape index (κ2) is 2.51. The second-order valence-corrected chi connectivity index (χ2v) is 2.67. The number of carboxylic acids is 1. The summed E-state index contributed by atoms with van der Waals surface area (Å²) in [5.41, 5.74) is 0.728. The number of fused-ring (bicyclic) bond motifs is 1. The lowest BCUT2D eigenvalue weighted by molar-refractivity contribution is 0.0685. The number of nitrogens with zero attached hydrogens (tertiary/aromatic N) is 1. The van der Waals surface area contributed by atoms with Crippen LogP contribution in [0.3, 0.4) is 0 Å². The molecule has 5 nitrogen and oxygen atoms in total. The summed E-state index contributed by atoms with van der Waals surface area (Å²) in [7, 11) is 0. The van der Waals surface area contributed by atoms with E-state index in [9.17, 15) is 4.79 Å². The van der Waals surface area contributed by atoms with E-state index in [1.54, 1.807) is 0 Å². The molecule has 1 aromatic heterocycles. The van der Waals surface area contributed by atoms with Gasteiger partial charge in [0, 0.05) is 6.54 Å². The summed E-state index contributed by atoms with van der Waals surface area (Å²) in [4.78, 5) is 10.6. The van der Waals surface area contributed by atoms with E-state index in [-0.39, 0.29) is 5.69 Å². The Morgan fingerprint density at radius 2 is 2.50 bits per heavy atom. The van der Waals surface area contributed by atoms with Crippen LogP contribution in [0.5, 0.6) is 0 Å². The van der Waals surface area contributed by atoms with E-state index in [0.717, 1.165) is 19.4 Å². The lowest BCUT2D eigenvalue weighted by Crippen LogP contribution is -2.12. The predicted octanol–water partition coefficient (Wildman–Crippen LogP) is 0.731. The van der Waals surface area contributed by atoms with Crippen LogP contribution in [0, 0.1) is 0 Å². The first kappa shape index (κ1) is 7.15. The molecule has 0 saturated heterocycles. The molecule has 0 radical (unpaired) electrons. The number of anilines is 1. The van der Waals surface area contributed by atoms with E-state index >= 15 is 0 Å². The number of nitrogens with one attached hydrogen (secondary N) is 1. The first-order chi connectivity index (χ1) is 5.79. The van der Waals surface area contributed by atoms with Crippen molar-refractivity contribution >= 4 is 11.9 Å². The fourth-order valence-corrected chi connectivity index (χ4v) is 1.32. The Morgan fingerprint density at radius 1 is 1.67 bits per heavy atom. The van der Waals surface area contributed by atoms with E-state index in [0.29, 0.717) is 11.4 Å². The Kier molecular flexibility index (Phi) is 1.49. The number of carbonyl (C=O) groups is 1. The van der Waals surface area contributed by atoms with Crippen molar-refractivity contribution in [2.75, 3.05) is 11.9 Å². The molecule has 2 heterocycles. The molecule has 0 saturated carbocycles. The number of rotatable bonds is 1. The summed E-state index contributed by atoms with van der Waals surface area (Å²) >= 11 is 0. The molecule has 0 fully saturated rings. The summed E-state index contributed by atoms with van der Waals surface area (Å²) < 4.78 is 4.81. The highest BCUT2D eigenvalue weighted by Crippen LogP contribution is 2.24. The third-order valence-corrected chi connectivity index (χ3v) is 1.88. The van der Waals surface area contributed by atoms with Crippen molar-refractivity contribution in [3.05, 3.63) is 11.3 Å². The van der Waals surface area contributed by atoms with Crippen LogP contribution in [0.2, 0.25) is 0 Å². The third kappa shape index (κ3) is 0.939. The Labute approximate surface area is 68.4 Å². The van der Waals surface area contributed by atoms with Gasteiger partial charge in [0.15, 0.2) is 5.69 Å². The van der Waals surface area contributed by atoms with E-state index < -0.39 is 5.97 Å². The van der Waals surface area contributed by atoms with Crippen molar-refractivity contribution in [2.45, 2.75) is 12.8 Å². The third-order valence-electron chi connectivity index (χ3n) is 1.88. The number of hydrogen-bond donors (Lipinski definition) is 2. The first-order valence-corrected chi connectivity index (χ1v) is 3.75. The fourth-order valence-electron chi connectivity index (χ4n) is 1.32. The number of hydrogen-bond acceptors (Lipinski definition) is 4. The van der Waals surface area contributed by atoms with Gasteiger partial charge in [-0.2, -0.15) is 0 Å². The quantitative estimate of drug-likeness (QED) is 0.646. The van der Waals surface area contributed by atoms with Crippen molar-refractivity contribution in [2.24, 2.45) is 0 Å². The molecule has 0 spiro atoms. The molecule has 1 aliphatic heterocycles. The summed E-state index contributed by atoms with van der Waals surface area (Å²) in [6.07, 6.45) is 1.65. The Bertz CT molecular complexity index is 318. The van der Waals surface area contributed by atoms with Gasteiger partial charge in [-0.05, 0) is 12.8 Å². The van der Waals surface area contributed by atoms with E-state index in [2.05, 4.69) is 10.5 Å². The van der Waals surface area contributed by atoms with Crippen molar-refractivity contribution in [1.82, 2.24) is 5.16 Å². The minimum atomic E-state index is -1.02. The Hall–Kier alpha value is -1.52. The van der Waals surface area contributed by atoms with Crippen LogP contribution in [-0.4, -0.2) is 22.8 Å². The van der Waals surface area contributed by atoms with Gasteiger partial charge in [0.2, 0.25) is 5.88 Å². The van der Waals surface area contributed by atoms with Gasteiger partial charge in [-0.1, -0.05) is 5.16 Å². The topological polar surface area (TPSA) is 75.4 Å². The molecule has 5 heteroatoms. The van der Waals surface area contributed by atoms with Crippen molar-refractivity contribution in [3.8, 4) is 0 Å². The van der Waals surface area contributed by atoms with Gasteiger partial charge < -0.3 is 14.9 Å². The molecule has 12 heavy (non-hydrogen) atoms. The molecule has 2 N–H and O–H groups in total. The predicted molar refractivity (Wildman–Crippen MR) is 40.3 cm³/mol. The lowest BCUT2D eigenvalue weighted by Gasteiger charge is -2.09. The number of aromatic carboxylic acids is 1. The second-order valence-electron chi connectivity index (χ2n) is 2.67. The zero-order valence-electron chi connectivity index (χ0n) is 6.33. The average Bonchev–Trinajstić information content (AvgIpc) is 2.47. The van der Waals surface area contributed by atoms with Gasteiger partial charge >= 0.3 is 5.97 Å². The number of aromatic nitrogens is 1. The molecule has 1 aliphatic rings. The molecule has 0 aromatic carbocycles. The fraction of sp³-hybridized carbons (Fsp3) is 0.429. The van der Waals surface area contributed by atoms with Crippen LogP contribution in [-0.2, 0) is 6.42 Å². The Morgan fingerprint density at radius 3 is 3.25 bits per heavy atom. The maximum atomic E-state index is 10.6. The van der Waals surface area contributed by atoms with Crippen molar-refractivity contribution < 1.29 is 14.4 Å². The normalized spacial score (nSPS) is 15.0. The largest absolute Gasteiger partial charge is 0.476 e. The summed E-state index contributed by atoms with van der Waals surface area (Å²) in [5, 5.41) is 15.1. The Balaban J connectivity index is 2.44. The lowest BCUT2D eigenvalue weighted by atomic mass is 10.1. The van der Waals surface area contributed by atoms with Gasteiger partial charge in [0.05, 0.1) is 5.56 Å². The molecule has 0 amide bonds. The van der Waals surface area contributed by atoms with Gasteiger partial charge in [-0.25, -0.2) is 4.79 Å². The molecular weight excluding hydrogens is 160 g/mol. The average molecular weight is 168 g/mol. The maximum Gasteiger partial charge on any atom is 0.358 e. The molecule has 64 valence electrons. The molecule has 0 aliphatic carbocycles. The highest BCUT2D eigenvalue weighted by atomic mass is 16.5. The van der Waals surface area contributed by atoms with Crippen LogP contribution in [0.4, 0.5) is 5.88 Å². The van der Waals surface area contributed by atoms with E-state index in [4.69, 9.17) is 9.63 Å². The van der Waals surface area contributed by atoms with Gasteiger partial charge in [0.25, 0.3) is 0 Å². The van der Waals surface area contributed by atoms with Gasteiger partial charge in [0.1, 0.15) is 0 Å². The molecule has 0 atom stereocenters. The van der Waals surface area contributed by atoms with Gasteiger partial charge in [-0.15, -0.1) is 0 Å². The van der Waals surface area contributed by atoms with Crippen molar-refractivity contribution in [3.63, 3.8) is 0 Å². The monoisotopic (exact) mass is 168 g/mol. The minimum Gasteiger partial charge on any atom is -0.476 e. The molecule has 2 rings (SSSR count). The zero-order valence-corrected chi connectivity index (χ0v) is 6.33.